The Balaban J connectivity index is 2.37. The highest BCUT2D eigenvalue weighted by molar-refractivity contribution is 5.93. The number of allylic oxidation sites excluding steroid dienone is 1. The van der Waals surface area contributed by atoms with Crippen LogP contribution >= 0.6 is 0 Å². The van der Waals surface area contributed by atoms with E-state index in [1.165, 1.54) is 0 Å². The molecule has 2 fully saturated rings. The summed E-state index contributed by atoms with van der Waals surface area (Å²) in [5, 5.41) is 10.6. The molecule has 0 heterocycles. The molecule has 0 saturated heterocycles. The van der Waals surface area contributed by atoms with Gasteiger partial charge in [-0.15, -0.1) is 0 Å². The second-order valence-electron chi connectivity index (χ2n) is 6.54. The van der Waals surface area contributed by atoms with E-state index in [-0.39, 0.29) is 23.0 Å². The Morgan fingerprint density at radius 1 is 1.35 bits per heavy atom. The number of ketones is 1. The number of hydrogen-bond acceptors (Lipinski definition) is 2. The molecule has 3 atom stereocenters. The molecule has 2 aliphatic rings. The molecule has 0 amide bonds. The van der Waals surface area contributed by atoms with Gasteiger partial charge in [-0.2, -0.15) is 0 Å². The third kappa shape index (κ3) is 1.77. The van der Waals surface area contributed by atoms with Crippen LogP contribution in [0.1, 0.15) is 52.9 Å². The summed E-state index contributed by atoms with van der Waals surface area (Å²) in [5.74, 6) is -0.0855. The summed E-state index contributed by atoms with van der Waals surface area (Å²) >= 11 is 0. The van der Waals surface area contributed by atoms with Crippen LogP contribution in [0.2, 0.25) is 0 Å². The minimum Gasteiger partial charge on any atom is -0.382 e. The van der Waals surface area contributed by atoms with E-state index in [1.807, 2.05) is 13.8 Å². The van der Waals surface area contributed by atoms with Gasteiger partial charge in [0.05, 0.1) is 0 Å². The smallest absolute Gasteiger partial charge is 0.172 e. The van der Waals surface area contributed by atoms with Gasteiger partial charge in [0.2, 0.25) is 0 Å². The maximum atomic E-state index is 12.6. The van der Waals surface area contributed by atoms with Crippen molar-refractivity contribution < 1.29 is 9.90 Å². The predicted octanol–water partition coefficient (Wildman–Crippen LogP) is 3.10. The average Bonchev–Trinajstić information content (AvgIpc) is 2.24. The van der Waals surface area contributed by atoms with Crippen LogP contribution in [0.4, 0.5) is 0 Å². The van der Waals surface area contributed by atoms with Crippen molar-refractivity contribution in [3.8, 4) is 0 Å². The molecule has 2 saturated carbocycles. The molecule has 2 aliphatic carbocycles. The zero-order valence-electron chi connectivity index (χ0n) is 11.3. The van der Waals surface area contributed by atoms with E-state index < -0.39 is 5.60 Å². The van der Waals surface area contributed by atoms with Crippen molar-refractivity contribution in [2.45, 2.75) is 58.5 Å². The summed E-state index contributed by atoms with van der Waals surface area (Å²) in [6.45, 7) is 10.2. The fourth-order valence-corrected chi connectivity index (χ4v) is 3.69. The van der Waals surface area contributed by atoms with Crippen LogP contribution in [0.3, 0.4) is 0 Å². The summed E-state index contributed by atoms with van der Waals surface area (Å²) in [4.78, 5) is 12.6. The first kappa shape index (κ1) is 12.8. The minimum absolute atomic E-state index is 0.00530. The highest BCUT2D eigenvalue weighted by Crippen LogP contribution is 2.53. The number of carbonyl (C=O) groups is 1. The zero-order chi connectivity index (χ0) is 12.8. The van der Waals surface area contributed by atoms with Gasteiger partial charge in [0.15, 0.2) is 5.78 Å². The Kier molecular flexibility index (Phi) is 2.97. The second-order valence-corrected chi connectivity index (χ2v) is 6.54. The fraction of sp³-hybridized carbons (Fsp3) is 0.800. The van der Waals surface area contributed by atoms with E-state index in [4.69, 9.17) is 0 Å². The van der Waals surface area contributed by atoms with Crippen molar-refractivity contribution in [2.75, 3.05) is 0 Å². The molecule has 0 aromatic carbocycles. The Morgan fingerprint density at radius 3 is 2.59 bits per heavy atom. The summed E-state index contributed by atoms with van der Waals surface area (Å²) < 4.78 is 0. The van der Waals surface area contributed by atoms with Gasteiger partial charge >= 0.3 is 0 Å². The molecule has 0 aliphatic heterocycles. The minimum atomic E-state index is -1.12. The lowest BCUT2D eigenvalue weighted by Crippen LogP contribution is -2.57. The van der Waals surface area contributed by atoms with Gasteiger partial charge < -0.3 is 5.11 Å². The van der Waals surface area contributed by atoms with Gasteiger partial charge in [-0.3, -0.25) is 4.79 Å². The van der Waals surface area contributed by atoms with Crippen molar-refractivity contribution in [3.05, 3.63) is 12.2 Å². The van der Waals surface area contributed by atoms with Crippen molar-refractivity contribution in [3.63, 3.8) is 0 Å². The third-order valence-corrected chi connectivity index (χ3v) is 5.07. The van der Waals surface area contributed by atoms with Crippen LogP contribution in [0.25, 0.3) is 0 Å². The van der Waals surface area contributed by atoms with Crippen LogP contribution in [0.5, 0.6) is 0 Å². The normalized spacial score (nSPS) is 42.8. The second kappa shape index (κ2) is 3.94. The molecule has 0 aromatic rings. The molecule has 0 bridgehead atoms. The molecule has 2 rings (SSSR count). The quantitative estimate of drug-likeness (QED) is 0.710. The molecular weight excluding hydrogens is 212 g/mol. The SMILES string of the molecule is C=C1CCC[C@@]2(C)CC[C@](O)(C(C)C)C(=O)[C@H]12. The van der Waals surface area contributed by atoms with Crippen molar-refractivity contribution in [1.82, 2.24) is 0 Å². The van der Waals surface area contributed by atoms with E-state index in [0.29, 0.717) is 6.42 Å². The molecular formula is C15H24O2. The number of Topliss-reactive ketones (excluding diaryl/α,β-unsaturated/α-hetero) is 1. The van der Waals surface area contributed by atoms with Gasteiger partial charge in [0, 0.05) is 5.92 Å². The lowest BCUT2D eigenvalue weighted by molar-refractivity contribution is -0.160. The van der Waals surface area contributed by atoms with Crippen molar-refractivity contribution in [1.29, 1.82) is 0 Å². The van der Waals surface area contributed by atoms with Gasteiger partial charge in [0.25, 0.3) is 0 Å². The maximum absolute atomic E-state index is 12.6. The molecule has 17 heavy (non-hydrogen) atoms. The maximum Gasteiger partial charge on any atom is 0.172 e. The highest BCUT2D eigenvalue weighted by atomic mass is 16.3. The van der Waals surface area contributed by atoms with Crippen LogP contribution < -0.4 is 0 Å². The topological polar surface area (TPSA) is 37.3 Å². The van der Waals surface area contributed by atoms with Crippen molar-refractivity contribution in [2.24, 2.45) is 17.3 Å². The van der Waals surface area contributed by atoms with Crippen LogP contribution in [-0.2, 0) is 4.79 Å². The first-order valence-corrected chi connectivity index (χ1v) is 6.75. The Labute approximate surface area is 104 Å². The predicted molar refractivity (Wildman–Crippen MR) is 68.6 cm³/mol. The molecule has 2 nitrogen and oxygen atoms in total. The van der Waals surface area contributed by atoms with Gasteiger partial charge in [0.1, 0.15) is 5.60 Å². The Morgan fingerprint density at radius 2 is 2.00 bits per heavy atom. The zero-order valence-corrected chi connectivity index (χ0v) is 11.3. The van der Waals surface area contributed by atoms with E-state index in [9.17, 15) is 9.90 Å². The van der Waals surface area contributed by atoms with Crippen LogP contribution in [0, 0.1) is 17.3 Å². The lowest BCUT2D eigenvalue weighted by Gasteiger charge is -2.51. The Hall–Kier alpha value is -0.630. The Bertz CT molecular complexity index is 358. The number of carbonyl (C=O) groups excluding carboxylic acids is 1. The molecule has 96 valence electrons. The summed E-state index contributed by atoms with van der Waals surface area (Å²) in [6.07, 6.45) is 4.73. The summed E-state index contributed by atoms with van der Waals surface area (Å²) in [5.41, 5.74) is -0.0274. The van der Waals surface area contributed by atoms with E-state index in [2.05, 4.69) is 13.5 Å². The molecule has 0 aromatic heterocycles. The first-order chi connectivity index (χ1) is 7.81. The van der Waals surface area contributed by atoms with Crippen LogP contribution in [-0.4, -0.2) is 16.5 Å². The molecule has 1 N–H and O–H groups in total. The number of rotatable bonds is 1. The largest absolute Gasteiger partial charge is 0.382 e. The summed E-state index contributed by atoms with van der Waals surface area (Å²) in [7, 11) is 0. The van der Waals surface area contributed by atoms with Crippen molar-refractivity contribution >= 4 is 5.78 Å². The molecule has 2 heteroatoms. The molecule has 0 radical (unpaired) electrons. The lowest BCUT2D eigenvalue weighted by atomic mass is 9.54. The van der Waals surface area contributed by atoms with Crippen LogP contribution in [0.15, 0.2) is 12.2 Å². The van der Waals surface area contributed by atoms with Gasteiger partial charge in [-0.05, 0) is 43.4 Å². The van der Waals surface area contributed by atoms with Gasteiger partial charge in [-0.25, -0.2) is 0 Å². The third-order valence-electron chi connectivity index (χ3n) is 5.07. The van der Waals surface area contributed by atoms with E-state index in [0.717, 1.165) is 31.3 Å². The summed E-state index contributed by atoms with van der Waals surface area (Å²) in [6, 6.07) is 0. The molecule has 0 unspecified atom stereocenters. The fourth-order valence-electron chi connectivity index (χ4n) is 3.69. The first-order valence-electron chi connectivity index (χ1n) is 6.75. The standard InChI is InChI=1S/C15H24O2/c1-10(2)15(17)9-8-14(4)7-5-6-11(3)12(14)13(15)16/h10,12,17H,3,5-9H2,1-2,4H3/t12-,14-,15-/m0/s1. The van der Waals surface area contributed by atoms with E-state index >= 15 is 0 Å². The van der Waals surface area contributed by atoms with E-state index in [1.54, 1.807) is 0 Å². The molecule has 0 spiro atoms. The van der Waals surface area contributed by atoms with Gasteiger partial charge in [-0.1, -0.05) is 32.9 Å². The number of aliphatic hydroxyl groups is 1. The number of fused-ring (bicyclic) bond motifs is 1. The monoisotopic (exact) mass is 236 g/mol. The number of hydrogen-bond donors (Lipinski definition) is 1. The highest BCUT2D eigenvalue weighted by Gasteiger charge is 2.55. The average molecular weight is 236 g/mol.